The van der Waals surface area contributed by atoms with Crippen LogP contribution >= 0.6 is 15.9 Å². The molecule has 2 aromatic rings. The molecule has 4 nitrogen and oxygen atoms in total. The Hall–Kier alpha value is -1.20. The Bertz CT molecular complexity index is 555. The predicted octanol–water partition coefficient (Wildman–Crippen LogP) is 3.05. The van der Waals surface area contributed by atoms with Gasteiger partial charge in [0.05, 0.1) is 11.4 Å². The number of benzene rings is 1. The zero-order valence-electron chi connectivity index (χ0n) is 10.8. The zero-order valence-corrected chi connectivity index (χ0v) is 12.4. The quantitative estimate of drug-likeness (QED) is 0.816. The maximum Gasteiger partial charge on any atom is 0.148 e. The summed E-state index contributed by atoms with van der Waals surface area (Å²) in [5, 5.41) is 9.39. The van der Waals surface area contributed by atoms with E-state index in [1.54, 1.807) is 0 Å². The van der Waals surface area contributed by atoms with Crippen LogP contribution in [-0.2, 0) is 10.1 Å². The summed E-state index contributed by atoms with van der Waals surface area (Å²) in [5.74, 6) is 2.26. The number of rotatable bonds is 3. The van der Waals surface area contributed by atoms with Crippen LogP contribution in [0.5, 0.6) is 0 Å². The fourth-order valence-corrected chi connectivity index (χ4v) is 2.95. The molecule has 0 bridgehead atoms. The van der Waals surface area contributed by atoms with E-state index in [1.165, 1.54) is 0 Å². The van der Waals surface area contributed by atoms with Gasteiger partial charge in [0.15, 0.2) is 0 Å². The van der Waals surface area contributed by atoms with E-state index in [-0.39, 0.29) is 6.10 Å². The monoisotopic (exact) mass is 321 g/mol. The largest absolute Gasteiger partial charge is 0.378 e. The molecule has 3 rings (SSSR count). The molecule has 1 saturated heterocycles. The molecule has 0 spiro atoms. The molecule has 0 N–H and O–H groups in total. The second-order valence-electron chi connectivity index (χ2n) is 4.75. The lowest BCUT2D eigenvalue weighted by Crippen LogP contribution is -2.15. The van der Waals surface area contributed by atoms with Crippen molar-refractivity contribution >= 4 is 15.9 Å². The fraction of sp³-hybridized carbons (Fsp3) is 0.429. The molecular formula is C14H16BrN3O. The Kier molecular flexibility index (Phi) is 3.66. The van der Waals surface area contributed by atoms with E-state index in [0.29, 0.717) is 11.2 Å². The highest BCUT2D eigenvalue weighted by Crippen LogP contribution is 2.32. The molecule has 1 fully saturated rings. The molecule has 0 radical (unpaired) electrons. The molecule has 0 aliphatic carbocycles. The van der Waals surface area contributed by atoms with Gasteiger partial charge in [-0.2, -0.15) is 0 Å². The number of alkyl halides is 1. The van der Waals surface area contributed by atoms with E-state index in [9.17, 15) is 0 Å². The van der Waals surface area contributed by atoms with E-state index in [1.807, 2.05) is 18.2 Å². The molecule has 1 aromatic heterocycles. The highest BCUT2D eigenvalue weighted by molar-refractivity contribution is 9.08. The maximum atomic E-state index is 5.66. The van der Waals surface area contributed by atoms with Gasteiger partial charge in [-0.25, -0.2) is 0 Å². The average molecular weight is 322 g/mol. The van der Waals surface area contributed by atoms with Crippen LogP contribution in [0.3, 0.4) is 0 Å². The topological polar surface area (TPSA) is 39.9 Å². The average Bonchev–Trinajstić information content (AvgIpc) is 3.05. The van der Waals surface area contributed by atoms with Crippen LogP contribution in [0.1, 0.15) is 30.9 Å². The number of para-hydroxylation sites is 1. The zero-order chi connectivity index (χ0) is 13.2. The van der Waals surface area contributed by atoms with Gasteiger partial charge < -0.3 is 4.74 Å². The highest BCUT2D eigenvalue weighted by Gasteiger charge is 2.31. The normalized spacial score (nSPS) is 22.8. The lowest BCUT2D eigenvalue weighted by atomic mass is 10.0. The van der Waals surface area contributed by atoms with Crippen LogP contribution < -0.4 is 0 Å². The minimum absolute atomic E-state index is 0.204. The summed E-state index contributed by atoms with van der Waals surface area (Å²) in [6.07, 6.45) is 1.21. The Morgan fingerprint density at radius 3 is 2.74 bits per heavy atom. The van der Waals surface area contributed by atoms with Gasteiger partial charge in [-0.15, -0.1) is 10.2 Å². The van der Waals surface area contributed by atoms with E-state index in [4.69, 9.17) is 4.74 Å². The fourth-order valence-electron chi connectivity index (χ4n) is 2.59. The van der Waals surface area contributed by atoms with Crippen molar-refractivity contribution in [3.05, 3.63) is 42.0 Å². The van der Waals surface area contributed by atoms with E-state index < -0.39 is 0 Å². The first-order chi connectivity index (χ1) is 9.31. The smallest absolute Gasteiger partial charge is 0.148 e. The van der Waals surface area contributed by atoms with Crippen molar-refractivity contribution in [1.29, 1.82) is 0 Å². The molecule has 2 atom stereocenters. The standard InChI is InChI=1S/C14H16BrN3O/c1-10-12(7-8-19-10)14-17-16-13(9-15)18(14)11-5-3-2-4-6-11/h2-6,10,12H,7-9H2,1H3. The number of hydrogen-bond donors (Lipinski definition) is 0. The first kappa shape index (κ1) is 12.8. The third kappa shape index (κ3) is 2.32. The Morgan fingerprint density at radius 2 is 2.11 bits per heavy atom. The van der Waals surface area contributed by atoms with Gasteiger partial charge >= 0.3 is 0 Å². The van der Waals surface area contributed by atoms with Crippen LogP contribution in [0, 0.1) is 0 Å². The summed E-state index contributed by atoms with van der Waals surface area (Å²) >= 11 is 3.49. The minimum atomic E-state index is 0.204. The Morgan fingerprint density at radius 1 is 1.32 bits per heavy atom. The summed E-state index contributed by atoms with van der Waals surface area (Å²) in [6, 6.07) is 10.2. The first-order valence-corrected chi connectivity index (χ1v) is 7.60. The lowest BCUT2D eigenvalue weighted by Gasteiger charge is -2.16. The van der Waals surface area contributed by atoms with Gasteiger partial charge in [0.1, 0.15) is 11.6 Å². The molecule has 2 heterocycles. The van der Waals surface area contributed by atoms with Crippen LogP contribution in [0.15, 0.2) is 30.3 Å². The summed E-state index contributed by atoms with van der Waals surface area (Å²) in [4.78, 5) is 0. The van der Waals surface area contributed by atoms with E-state index in [0.717, 1.165) is 30.4 Å². The van der Waals surface area contributed by atoms with E-state index in [2.05, 4.69) is 49.8 Å². The van der Waals surface area contributed by atoms with Crippen LogP contribution in [-0.4, -0.2) is 27.5 Å². The number of hydrogen-bond acceptors (Lipinski definition) is 3. The Labute approximate surface area is 120 Å². The van der Waals surface area contributed by atoms with Crippen molar-refractivity contribution in [3.8, 4) is 5.69 Å². The van der Waals surface area contributed by atoms with E-state index >= 15 is 0 Å². The molecular weight excluding hydrogens is 306 g/mol. The third-order valence-corrected chi connectivity index (χ3v) is 4.10. The summed E-state index contributed by atoms with van der Waals surface area (Å²) in [5.41, 5.74) is 1.11. The van der Waals surface area contributed by atoms with Gasteiger partial charge in [0, 0.05) is 18.2 Å². The molecule has 5 heteroatoms. The third-order valence-electron chi connectivity index (χ3n) is 3.60. The summed E-state index contributed by atoms with van der Waals surface area (Å²) < 4.78 is 7.80. The second kappa shape index (κ2) is 5.43. The van der Waals surface area contributed by atoms with Crippen LogP contribution in [0.25, 0.3) is 5.69 Å². The number of nitrogens with zero attached hydrogens (tertiary/aromatic N) is 3. The van der Waals surface area contributed by atoms with Gasteiger partial charge in [0.2, 0.25) is 0 Å². The maximum absolute atomic E-state index is 5.66. The van der Waals surface area contributed by atoms with Crippen LogP contribution in [0.4, 0.5) is 0 Å². The number of aromatic nitrogens is 3. The minimum Gasteiger partial charge on any atom is -0.378 e. The molecule has 2 unspecified atom stereocenters. The van der Waals surface area contributed by atoms with Gasteiger partial charge in [0.25, 0.3) is 0 Å². The van der Waals surface area contributed by atoms with Crippen molar-refractivity contribution in [1.82, 2.24) is 14.8 Å². The van der Waals surface area contributed by atoms with Crippen LogP contribution in [0.2, 0.25) is 0 Å². The van der Waals surface area contributed by atoms with Gasteiger partial charge in [-0.3, -0.25) is 4.57 Å². The number of halogens is 1. The lowest BCUT2D eigenvalue weighted by molar-refractivity contribution is 0.117. The van der Waals surface area contributed by atoms with Crippen molar-refractivity contribution < 1.29 is 4.74 Å². The molecule has 19 heavy (non-hydrogen) atoms. The highest BCUT2D eigenvalue weighted by atomic mass is 79.9. The molecule has 0 saturated carbocycles. The number of ether oxygens (including phenoxy) is 1. The first-order valence-electron chi connectivity index (χ1n) is 6.48. The molecule has 0 amide bonds. The molecule has 1 aromatic carbocycles. The second-order valence-corrected chi connectivity index (χ2v) is 5.31. The van der Waals surface area contributed by atoms with Crippen molar-refractivity contribution in [2.24, 2.45) is 0 Å². The summed E-state index contributed by atoms with van der Waals surface area (Å²) in [6.45, 7) is 2.91. The summed E-state index contributed by atoms with van der Waals surface area (Å²) in [7, 11) is 0. The van der Waals surface area contributed by atoms with Gasteiger partial charge in [-0.1, -0.05) is 34.1 Å². The molecule has 1 aliphatic heterocycles. The van der Waals surface area contributed by atoms with Crippen molar-refractivity contribution in [2.45, 2.75) is 30.7 Å². The SMILES string of the molecule is CC1OCCC1c1nnc(CBr)n1-c1ccccc1. The predicted molar refractivity (Wildman–Crippen MR) is 76.8 cm³/mol. The van der Waals surface area contributed by atoms with Crippen molar-refractivity contribution in [2.75, 3.05) is 6.61 Å². The molecule has 1 aliphatic rings. The molecule has 100 valence electrons. The Balaban J connectivity index is 2.08. The van der Waals surface area contributed by atoms with Gasteiger partial charge in [-0.05, 0) is 25.5 Å². The van der Waals surface area contributed by atoms with Crippen molar-refractivity contribution in [3.63, 3.8) is 0 Å².